The van der Waals surface area contributed by atoms with E-state index in [1.165, 1.54) is 17.7 Å². The third kappa shape index (κ3) is 6.68. The van der Waals surface area contributed by atoms with Crippen LogP contribution in [0.25, 0.3) is 0 Å². The van der Waals surface area contributed by atoms with Crippen molar-refractivity contribution in [3.05, 3.63) is 64.4 Å². The predicted octanol–water partition coefficient (Wildman–Crippen LogP) is 6.11. The Labute approximate surface area is 189 Å². The maximum atomic E-state index is 14.7. The number of piperidine rings is 1. The third-order valence-electron chi connectivity index (χ3n) is 5.08. The molecule has 1 unspecified atom stereocenters. The molecule has 6 heteroatoms. The van der Waals surface area contributed by atoms with E-state index in [9.17, 15) is 9.18 Å². The quantitative estimate of drug-likeness (QED) is 0.518. The number of likely N-dealkylation sites (tertiary alicyclic amines) is 1. The summed E-state index contributed by atoms with van der Waals surface area (Å²) in [6.07, 6.45) is 0.682. The van der Waals surface area contributed by atoms with Crippen LogP contribution >= 0.6 is 11.6 Å². The van der Waals surface area contributed by atoms with E-state index in [0.29, 0.717) is 6.54 Å². The number of carbonyl (C=O) groups is 1. The van der Waals surface area contributed by atoms with Crippen LogP contribution in [-0.4, -0.2) is 35.7 Å². The summed E-state index contributed by atoms with van der Waals surface area (Å²) < 4.78 is 26.1. The van der Waals surface area contributed by atoms with Crippen LogP contribution < -0.4 is 4.74 Å². The van der Waals surface area contributed by atoms with Crippen LogP contribution in [-0.2, 0) is 11.3 Å². The fraction of sp³-hybridized carbons (Fsp3) is 0.480. The lowest BCUT2D eigenvalue weighted by molar-refractivity contribution is 0.00643. The van der Waals surface area contributed by atoms with Crippen LogP contribution in [0.15, 0.2) is 42.5 Å². The van der Waals surface area contributed by atoms with E-state index in [0.717, 1.165) is 19.5 Å². The first-order valence-electron chi connectivity index (χ1n) is 10.6. The van der Waals surface area contributed by atoms with Crippen molar-refractivity contribution in [1.82, 2.24) is 4.90 Å². The molecule has 1 fully saturated rings. The van der Waals surface area contributed by atoms with Gasteiger partial charge in [0.1, 0.15) is 23.3 Å². The second kappa shape index (κ2) is 9.17. The summed E-state index contributed by atoms with van der Waals surface area (Å²) in [7, 11) is 0. The van der Waals surface area contributed by atoms with Gasteiger partial charge in [-0.1, -0.05) is 55.8 Å². The molecule has 0 bridgehead atoms. The molecule has 0 spiro atoms. The molecule has 2 aromatic rings. The zero-order valence-electron chi connectivity index (χ0n) is 18.9. The highest BCUT2D eigenvalue weighted by Crippen LogP contribution is 2.35. The maximum absolute atomic E-state index is 14.7. The first-order chi connectivity index (χ1) is 14.4. The summed E-state index contributed by atoms with van der Waals surface area (Å²) in [4.78, 5) is 14.6. The van der Waals surface area contributed by atoms with Gasteiger partial charge in [-0.05, 0) is 44.2 Å². The van der Waals surface area contributed by atoms with Gasteiger partial charge < -0.3 is 9.47 Å². The fourth-order valence-corrected chi connectivity index (χ4v) is 4.24. The van der Waals surface area contributed by atoms with E-state index < -0.39 is 17.4 Å². The van der Waals surface area contributed by atoms with Gasteiger partial charge >= 0.3 is 5.97 Å². The fourth-order valence-electron chi connectivity index (χ4n) is 4.03. The molecule has 4 nitrogen and oxygen atoms in total. The van der Waals surface area contributed by atoms with Gasteiger partial charge in [-0.2, -0.15) is 0 Å². The minimum Gasteiger partial charge on any atom is -0.487 e. The summed E-state index contributed by atoms with van der Waals surface area (Å²) in [6.45, 7) is 12.1. The number of nitrogens with zero attached hydrogens (tertiary/aromatic N) is 1. The van der Waals surface area contributed by atoms with Crippen LogP contribution in [0.3, 0.4) is 0 Å². The lowest BCUT2D eigenvalue weighted by Gasteiger charge is -2.42. The molecule has 1 heterocycles. The van der Waals surface area contributed by atoms with Crippen LogP contribution in [0.1, 0.15) is 57.0 Å². The molecule has 0 saturated carbocycles. The number of halogens is 2. The van der Waals surface area contributed by atoms with Crippen molar-refractivity contribution in [2.75, 3.05) is 13.1 Å². The van der Waals surface area contributed by atoms with Crippen molar-refractivity contribution in [2.24, 2.45) is 5.41 Å². The largest absolute Gasteiger partial charge is 0.487 e. The van der Waals surface area contributed by atoms with Gasteiger partial charge in [-0.25, -0.2) is 9.18 Å². The second-order valence-electron chi connectivity index (χ2n) is 10.0. The molecule has 1 atom stereocenters. The SMILES string of the molecule is CC1(C)CC(Oc2cc(F)c(C(=O)OC(C)(C)C)cc2Cl)CN(Cc2ccccc2)C1. The molecule has 0 aliphatic carbocycles. The molecule has 1 saturated heterocycles. The van der Waals surface area contributed by atoms with E-state index in [1.807, 2.05) is 18.2 Å². The molecule has 0 radical (unpaired) electrons. The van der Waals surface area contributed by atoms with E-state index in [4.69, 9.17) is 21.1 Å². The Balaban J connectivity index is 1.74. The lowest BCUT2D eigenvalue weighted by Crippen LogP contribution is -2.48. The Morgan fingerprint density at radius 3 is 2.55 bits per heavy atom. The maximum Gasteiger partial charge on any atom is 0.341 e. The molecule has 1 aliphatic heterocycles. The van der Waals surface area contributed by atoms with Crippen molar-refractivity contribution in [3.8, 4) is 5.75 Å². The molecule has 3 rings (SSSR count). The highest BCUT2D eigenvalue weighted by Gasteiger charge is 2.34. The minimum absolute atomic E-state index is 0.0408. The zero-order valence-corrected chi connectivity index (χ0v) is 19.6. The standard InChI is InChI=1S/C25H31ClFNO3/c1-24(2,3)31-23(29)19-11-20(26)22(12-21(19)27)30-18-13-25(4,5)16-28(15-18)14-17-9-7-6-8-10-17/h6-12,18H,13-16H2,1-5H3. The van der Waals surface area contributed by atoms with Gasteiger partial charge in [0.05, 0.1) is 10.6 Å². The smallest absolute Gasteiger partial charge is 0.341 e. The summed E-state index contributed by atoms with van der Waals surface area (Å²) in [6, 6.07) is 12.8. The molecular weight excluding hydrogens is 417 g/mol. The monoisotopic (exact) mass is 447 g/mol. The van der Waals surface area contributed by atoms with E-state index >= 15 is 0 Å². The molecule has 0 N–H and O–H groups in total. The van der Waals surface area contributed by atoms with Crippen molar-refractivity contribution >= 4 is 17.6 Å². The molecule has 2 aromatic carbocycles. The predicted molar refractivity (Wildman–Crippen MR) is 121 cm³/mol. The average Bonchev–Trinajstić information content (AvgIpc) is 2.62. The summed E-state index contributed by atoms with van der Waals surface area (Å²) >= 11 is 6.36. The number of carbonyl (C=O) groups excluding carboxylic acids is 1. The first kappa shape index (κ1) is 23.6. The number of benzene rings is 2. The number of hydrogen-bond acceptors (Lipinski definition) is 4. The topological polar surface area (TPSA) is 38.8 Å². The number of hydrogen-bond donors (Lipinski definition) is 0. The number of esters is 1. The van der Waals surface area contributed by atoms with Crippen LogP contribution in [0, 0.1) is 11.2 Å². The summed E-state index contributed by atoms with van der Waals surface area (Å²) in [5, 5.41) is 0.195. The molecular formula is C25H31ClFNO3. The highest BCUT2D eigenvalue weighted by molar-refractivity contribution is 6.32. The number of ether oxygens (including phenoxy) is 2. The van der Waals surface area contributed by atoms with Crippen LogP contribution in [0.2, 0.25) is 5.02 Å². The highest BCUT2D eigenvalue weighted by atomic mass is 35.5. The van der Waals surface area contributed by atoms with Gasteiger partial charge in [0.15, 0.2) is 0 Å². The summed E-state index contributed by atoms with van der Waals surface area (Å²) in [5.74, 6) is -1.20. The first-order valence-corrected chi connectivity index (χ1v) is 10.9. The Hall–Kier alpha value is -2.11. The Bertz CT molecular complexity index is 924. The molecule has 168 valence electrons. The lowest BCUT2D eigenvalue weighted by atomic mass is 9.82. The van der Waals surface area contributed by atoms with Crippen molar-refractivity contribution < 1.29 is 18.7 Å². The normalized spacial score (nSPS) is 19.1. The molecule has 31 heavy (non-hydrogen) atoms. The number of rotatable bonds is 5. The van der Waals surface area contributed by atoms with E-state index in [-0.39, 0.29) is 27.9 Å². The van der Waals surface area contributed by atoms with Crippen LogP contribution in [0.5, 0.6) is 5.75 Å². The van der Waals surface area contributed by atoms with Gasteiger partial charge in [0, 0.05) is 25.7 Å². The Morgan fingerprint density at radius 2 is 1.90 bits per heavy atom. The average molecular weight is 448 g/mol. The van der Waals surface area contributed by atoms with Crippen molar-refractivity contribution in [2.45, 2.75) is 59.3 Å². The molecule has 0 aromatic heterocycles. The van der Waals surface area contributed by atoms with Crippen molar-refractivity contribution in [3.63, 3.8) is 0 Å². The van der Waals surface area contributed by atoms with Gasteiger partial charge in [-0.15, -0.1) is 0 Å². The zero-order chi connectivity index (χ0) is 22.8. The third-order valence-corrected chi connectivity index (χ3v) is 5.37. The van der Waals surface area contributed by atoms with Crippen molar-refractivity contribution in [1.29, 1.82) is 0 Å². The second-order valence-corrected chi connectivity index (χ2v) is 10.4. The van der Waals surface area contributed by atoms with E-state index in [2.05, 4.69) is 30.9 Å². The van der Waals surface area contributed by atoms with Gasteiger partial charge in [0.25, 0.3) is 0 Å². The Kier molecular flexibility index (Phi) is 6.97. The minimum atomic E-state index is -0.744. The van der Waals surface area contributed by atoms with Gasteiger partial charge in [0.2, 0.25) is 0 Å². The van der Waals surface area contributed by atoms with E-state index in [1.54, 1.807) is 20.8 Å². The van der Waals surface area contributed by atoms with Gasteiger partial charge in [-0.3, -0.25) is 4.90 Å². The Morgan fingerprint density at radius 1 is 1.23 bits per heavy atom. The molecule has 0 amide bonds. The molecule has 1 aliphatic rings. The summed E-state index contributed by atoms with van der Waals surface area (Å²) in [5.41, 5.74) is 0.368. The van der Waals surface area contributed by atoms with Crippen LogP contribution in [0.4, 0.5) is 4.39 Å².